The van der Waals surface area contributed by atoms with Crippen molar-refractivity contribution in [1.29, 1.82) is 0 Å². The Bertz CT molecular complexity index is 388. The van der Waals surface area contributed by atoms with E-state index in [2.05, 4.69) is 42.3 Å². The van der Waals surface area contributed by atoms with Gasteiger partial charge in [-0.15, -0.1) is 0 Å². The van der Waals surface area contributed by atoms with Gasteiger partial charge in [0.15, 0.2) is 0 Å². The fourth-order valence-corrected chi connectivity index (χ4v) is 2.54. The van der Waals surface area contributed by atoms with Crippen LogP contribution in [0.15, 0.2) is 18.2 Å². The van der Waals surface area contributed by atoms with Gasteiger partial charge in [0, 0.05) is 29.8 Å². The highest BCUT2D eigenvalue weighted by atomic mass is 35.5. The molecule has 100 valence electrons. The molecule has 1 aromatic rings. The van der Waals surface area contributed by atoms with Crippen molar-refractivity contribution in [3.63, 3.8) is 0 Å². The second kappa shape index (κ2) is 6.44. The largest absolute Gasteiger partial charge is 0.369 e. The van der Waals surface area contributed by atoms with Crippen LogP contribution in [-0.4, -0.2) is 19.1 Å². The maximum atomic E-state index is 6.37. The zero-order valence-electron chi connectivity index (χ0n) is 11.4. The molecule has 0 aromatic heterocycles. The number of benzene rings is 1. The highest BCUT2D eigenvalue weighted by molar-refractivity contribution is 6.31. The minimum atomic E-state index is 0.745. The fraction of sp³-hybridized carbons (Fsp3) is 0.600. The van der Waals surface area contributed by atoms with Gasteiger partial charge in [0.1, 0.15) is 0 Å². The van der Waals surface area contributed by atoms with Crippen LogP contribution in [0, 0.1) is 0 Å². The third-order valence-electron chi connectivity index (χ3n) is 3.44. The van der Waals surface area contributed by atoms with Gasteiger partial charge < -0.3 is 10.2 Å². The zero-order chi connectivity index (χ0) is 13.0. The van der Waals surface area contributed by atoms with Gasteiger partial charge in [0.2, 0.25) is 0 Å². The number of nitrogens with one attached hydrogen (secondary N) is 1. The predicted octanol–water partition coefficient (Wildman–Crippen LogP) is 3.83. The molecule has 3 heteroatoms. The van der Waals surface area contributed by atoms with E-state index in [9.17, 15) is 0 Å². The quantitative estimate of drug-likeness (QED) is 0.755. The smallest absolute Gasteiger partial charge is 0.0471 e. The van der Waals surface area contributed by atoms with Crippen molar-refractivity contribution < 1.29 is 0 Å². The van der Waals surface area contributed by atoms with Crippen LogP contribution in [0.1, 0.15) is 38.7 Å². The van der Waals surface area contributed by atoms with E-state index in [0.717, 1.165) is 37.1 Å². The summed E-state index contributed by atoms with van der Waals surface area (Å²) < 4.78 is 0. The third kappa shape index (κ3) is 3.39. The first kappa shape index (κ1) is 13.7. The Kier molecular flexibility index (Phi) is 4.90. The van der Waals surface area contributed by atoms with Gasteiger partial charge in [-0.2, -0.15) is 0 Å². The Morgan fingerprint density at radius 2 is 2.11 bits per heavy atom. The lowest BCUT2D eigenvalue weighted by atomic mass is 10.2. The summed E-state index contributed by atoms with van der Waals surface area (Å²) >= 11 is 6.37. The predicted molar refractivity (Wildman–Crippen MR) is 79.5 cm³/mol. The molecule has 2 rings (SSSR count). The van der Waals surface area contributed by atoms with Gasteiger partial charge >= 0.3 is 0 Å². The molecule has 0 unspecified atom stereocenters. The van der Waals surface area contributed by atoms with E-state index in [1.807, 2.05) is 0 Å². The molecule has 0 atom stereocenters. The summed E-state index contributed by atoms with van der Waals surface area (Å²) in [4.78, 5) is 2.45. The summed E-state index contributed by atoms with van der Waals surface area (Å²) in [6, 6.07) is 7.23. The number of hydrogen-bond acceptors (Lipinski definition) is 2. The van der Waals surface area contributed by atoms with E-state index in [0.29, 0.717) is 0 Å². The van der Waals surface area contributed by atoms with Crippen molar-refractivity contribution in [3.05, 3.63) is 28.8 Å². The molecule has 18 heavy (non-hydrogen) atoms. The SMILES string of the molecule is CCCNCc1ccc(N(CC)C2CC2)cc1Cl. The average molecular weight is 267 g/mol. The molecule has 1 aliphatic carbocycles. The van der Waals surface area contributed by atoms with Crippen molar-refractivity contribution in [2.45, 2.75) is 45.7 Å². The van der Waals surface area contributed by atoms with Gasteiger partial charge in [-0.1, -0.05) is 24.6 Å². The summed E-state index contributed by atoms with van der Waals surface area (Å²) in [7, 11) is 0. The zero-order valence-corrected chi connectivity index (χ0v) is 12.1. The Morgan fingerprint density at radius 1 is 1.33 bits per heavy atom. The molecular formula is C15H23ClN2. The molecule has 0 amide bonds. The van der Waals surface area contributed by atoms with Crippen LogP contribution >= 0.6 is 11.6 Å². The summed E-state index contributed by atoms with van der Waals surface area (Å²) in [6.45, 7) is 7.35. The van der Waals surface area contributed by atoms with Crippen LogP contribution in [0.25, 0.3) is 0 Å². The van der Waals surface area contributed by atoms with Crippen molar-refractivity contribution in [1.82, 2.24) is 5.32 Å². The van der Waals surface area contributed by atoms with Crippen LogP contribution in [0.2, 0.25) is 5.02 Å². The number of nitrogens with zero attached hydrogens (tertiary/aromatic N) is 1. The molecule has 1 aliphatic rings. The molecule has 2 nitrogen and oxygen atoms in total. The molecule has 1 fully saturated rings. The van der Waals surface area contributed by atoms with Crippen molar-refractivity contribution in [2.75, 3.05) is 18.0 Å². The minimum absolute atomic E-state index is 0.745. The second-order valence-corrected chi connectivity index (χ2v) is 5.38. The number of hydrogen-bond donors (Lipinski definition) is 1. The molecule has 0 heterocycles. The summed E-state index contributed by atoms with van der Waals surface area (Å²) in [5.41, 5.74) is 2.46. The van der Waals surface area contributed by atoms with Crippen LogP contribution in [-0.2, 0) is 6.54 Å². The van der Waals surface area contributed by atoms with Gasteiger partial charge in [-0.05, 0) is 50.4 Å². The Morgan fingerprint density at radius 3 is 2.67 bits per heavy atom. The summed E-state index contributed by atoms with van der Waals surface area (Å²) in [6.07, 6.45) is 3.80. The van der Waals surface area contributed by atoms with E-state index in [4.69, 9.17) is 11.6 Å². The second-order valence-electron chi connectivity index (χ2n) is 4.97. The monoisotopic (exact) mass is 266 g/mol. The highest BCUT2D eigenvalue weighted by Gasteiger charge is 2.28. The summed E-state index contributed by atoms with van der Waals surface area (Å²) in [5, 5.41) is 4.28. The van der Waals surface area contributed by atoms with Crippen LogP contribution < -0.4 is 10.2 Å². The molecule has 1 N–H and O–H groups in total. The van der Waals surface area contributed by atoms with E-state index >= 15 is 0 Å². The van der Waals surface area contributed by atoms with Crippen LogP contribution in [0.3, 0.4) is 0 Å². The van der Waals surface area contributed by atoms with E-state index in [1.54, 1.807) is 0 Å². The third-order valence-corrected chi connectivity index (χ3v) is 3.79. The van der Waals surface area contributed by atoms with Gasteiger partial charge in [-0.3, -0.25) is 0 Å². The molecule has 1 saturated carbocycles. The van der Waals surface area contributed by atoms with Crippen LogP contribution in [0.4, 0.5) is 5.69 Å². The fourth-order valence-electron chi connectivity index (χ4n) is 2.30. The molecule has 0 bridgehead atoms. The van der Waals surface area contributed by atoms with E-state index < -0.39 is 0 Å². The topological polar surface area (TPSA) is 15.3 Å². The molecular weight excluding hydrogens is 244 g/mol. The first-order valence-electron chi connectivity index (χ1n) is 7.02. The van der Waals surface area contributed by atoms with Crippen LogP contribution in [0.5, 0.6) is 0 Å². The van der Waals surface area contributed by atoms with E-state index in [1.165, 1.54) is 24.1 Å². The lowest BCUT2D eigenvalue weighted by Crippen LogP contribution is -2.25. The first-order valence-corrected chi connectivity index (χ1v) is 7.39. The molecule has 0 saturated heterocycles. The Labute approximate surface area is 115 Å². The Balaban J connectivity index is 2.03. The summed E-state index contributed by atoms with van der Waals surface area (Å²) in [5.74, 6) is 0. The maximum Gasteiger partial charge on any atom is 0.0471 e. The molecule has 1 aromatic carbocycles. The maximum absolute atomic E-state index is 6.37. The standard InChI is InChI=1S/C15H23ClN2/c1-3-9-17-11-12-5-6-14(10-15(12)16)18(4-2)13-7-8-13/h5-6,10,13,17H,3-4,7-9,11H2,1-2H3. The minimum Gasteiger partial charge on any atom is -0.369 e. The average Bonchev–Trinajstić information content (AvgIpc) is 3.17. The highest BCUT2D eigenvalue weighted by Crippen LogP contribution is 2.33. The van der Waals surface area contributed by atoms with Gasteiger partial charge in [0.05, 0.1) is 0 Å². The lowest BCUT2D eigenvalue weighted by Gasteiger charge is -2.23. The van der Waals surface area contributed by atoms with Crippen molar-refractivity contribution in [2.24, 2.45) is 0 Å². The Hall–Kier alpha value is -0.730. The van der Waals surface area contributed by atoms with E-state index in [-0.39, 0.29) is 0 Å². The molecule has 0 spiro atoms. The first-order chi connectivity index (χ1) is 8.76. The molecule has 0 radical (unpaired) electrons. The van der Waals surface area contributed by atoms with Gasteiger partial charge in [0.25, 0.3) is 0 Å². The number of anilines is 1. The van der Waals surface area contributed by atoms with Crippen molar-refractivity contribution >= 4 is 17.3 Å². The normalized spacial score (nSPS) is 14.8. The lowest BCUT2D eigenvalue weighted by molar-refractivity contribution is 0.675. The number of rotatable bonds is 7. The number of halogens is 1. The molecule has 0 aliphatic heterocycles. The van der Waals surface area contributed by atoms with Gasteiger partial charge in [-0.25, -0.2) is 0 Å². The van der Waals surface area contributed by atoms with Crippen molar-refractivity contribution in [3.8, 4) is 0 Å².